The fourth-order valence-electron chi connectivity index (χ4n) is 2.76. The summed E-state index contributed by atoms with van der Waals surface area (Å²) in [6.07, 6.45) is 0. The Bertz CT molecular complexity index is 1030. The smallest absolute Gasteiger partial charge is 0.310 e. The van der Waals surface area contributed by atoms with Crippen LogP contribution in [-0.4, -0.2) is 23.3 Å². The minimum absolute atomic E-state index is 0.0253. The van der Waals surface area contributed by atoms with E-state index in [2.05, 4.69) is 10.6 Å². The largest absolute Gasteiger partial charge is 0.477 e. The number of hydrogen-bond donors (Lipinski definition) is 2. The summed E-state index contributed by atoms with van der Waals surface area (Å²) in [5, 5.41) is 16.5. The van der Waals surface area contributed by atoms with Crippen molar-refractivity contribution in [2.24, 2.45) is 0 Å². The predicted octanol–water partition coefficient (Wildman–Crippen LogP) is 3.47. The Morgan fingerprint density at radius 1 is 0.900 bits per heavy atom. The maximum Gasteiger partial charge on any atom is 0.310 e. The van der Waals surface area contributed by atoms with E-state index in [0.717, 1.165) is 0 Å². The molecule has 3 aromatic carbocycles. The summed E-state index contributed by atoms with van der Waals surface area (Å²) in [7, 11) is 0. The van der Waals surface area contributed by atoms with Gasteiger partial charge in [0, 0.05) is 11.8 Å². The fraction of sp³-hybridized carbons (Fsp3) is 0.0909. The normalized spacial score (nSPS) is 11.2. The number of carbonyl (C=O) groups excluding carboxylic acids is 2. The van der Waals surface area contributed by atoms with Crippen LogP contribution in [0.2, 0.25) is 0 Å². The van der Waals surface area contributed by atoms with Crippen LogP contribution < -0.4 is 15.4 Å². The van der Waals surface area contributed by atoms with E-state index in [1.807, 2.05) is 6.07 Å². The van der Waals surface area contributed by atoms with Crippen molar-refractivity contribution in [3.05, 3.63) is 101 Å². The molecule has 0 saturated carbocycles. The zero-order valence-electron chi connectivity index (χ0n) is 15.9. The molecule has 152 valence electrons. The lowest BCUT2D eigenvalue weighted by Crippen LogP contribution is -2.39. The number of carbonyl (C=O) groups is 2. The predicted molar refractivity (Wildman–Crippen MR) is 111 cm³/mol. The molecule has 0 radical (unpaired) electrons. The second-order valence-corrected chi connectivity index (χ2v) is 6.28. The third-order valence-electron chi connectivity index (χ3n) is 4.16. The molecule has 2 N–H and O–H groups in total. The number of nitro benzene ring substituents is 1. The summed E-state index contributed by atoms with van der Waals surface area (Å²) in [4.78, 5) is 35.7. The summed E-state index contributed by atoms with van der Waals surface area (Å²) in [6.45, 7) is -0.479. The van der Waals surface area contributed by atoms with E-state index in [9.17, 15) is 19.7 Å². The minimum Gasteiger partial charge on any atom is -0.477 e. The molecule has 0 fully saturated rings. The molecule has 3 aromatic rings. The maximum absolute atomic E-state index is 12.8. The van der Waals surface area contributed by atoms with Gasteiger partial charge in [-0.3, -0.25) is 19.7 Å². The lowest BCUT2D eigenvalue weighted by molar-refractivity contribution is -0.385. The van der Waals surface area contributed by atoms with Gasteiger partial charge in [-0.2, -0.15) is 0 Å². The minimum atomic E-state index is -0.965. The van der Waals surface area contributed by atoms with Crippen LogP contribution in [-0.2, 0) is 9.59 Å². The third-order valence-corrected chi connectivity index (χ3v) is 4.16. The summed E-state index contributed by atoms with van der Waals surface area (Å²) in [5.74, 6) is -1.04. The Balaban J connectivity index is 1.71. The Kier molecular flexibility index (Phi) is 6.73. The highest BCUT2D eigenvalue weighted by atomic mass is 16.6. The number of anilines is 1. The van der Waals surface area contributed by atoms with E-state index in [-0.39, 0.29) is 11.4 Å². The second-order valence-electron chi connectivity index (χ2n) is 6.28. The Labute approximate surface area is 172 Å². The molecule has 1 atom stereocenters. The van der Waals surface area contributed by atoms with Gasteiger partial charge in [0.25, 0.3) is 11.8 Å². The quantitative estimate of drug-likeness (QED) is 0.440. The number of para-hydroxylation sites is 3. The molecule has 0 heterocycles. The van der Waals surface area contributed by atoms with E-state index in [1.165, 1.54) is 18.2 Å². The topological polar surface area (TPSA) is 111 Å². The van der Waals surface area contributed by atoms with Gasteiger partial charge in [0.2, 0.25) is 0 Å². The van der Waals surface area contributed by atoms with Gasteiger partial charge in [0.1, 0.15) is 6.04 Å². The summed E-state index contributed by atoms with van der Waals surface area (Å²) in [5.41, 5.74) is 0.936. The van der Waals surface area contributed by atoms with Crippen LogP contribution in [0.5, 0.6) is 5.75 Å². The van der Waals surface area contributed by atoms with E-state index in [1.54, 1.807) is 60.7 Å². The Morgan fingerprint density at radius 2 is 1.50 bits per heavy atom. The molecule has 1 unspecified atom stereocenters. The van der Waals surface area contributed by atoms with Crippen LogP contribution in [0.1, 0.15) is 11.6 Å². The SMILES string of the molecule is O=C(COc1ccccc1[N+](=O)[O-])NC(C(=O)Nc1ccccc1)c1ccccc1. The lowest BCUT2D eigenvalue weighted by atomic mass is 10.1. The van der Waals surface area contributed by atoms with Crippen LogP contribution in [0.4, 0.5) is 11.4 Å². The number of amides is 2. The molecule has 0 aromatic heterocycles. The first-order chi connectivity index (χ1) is 14.5. The average molecular weight is 405 g/mol. The van der Waals surface area contributed by atoms with Crippen molar-refractivity contribution in [2.75, 3.05) is 11.9 Å². The van der Waals surface area contributed by atoms with Crippen molar-refractivity contribution in [2.45, 2.75) is 6.04 Å². The Hall–Kier alpha value is -4.20. The number of nitro groups is 1. The van der Waals surface area contributed by atoms with Crippen LogP contribution in [0.15, 0.2) is 84.9 Å². The number of rotatable bonds is 8. The van der Waals surface area contributed by atoms with E-state index in [4.69, 9.17) is 4.74 Å². The number of hydrogen-bond acceptors (Lipinski definition) is 5. The highest BCUT2D eigenvalue weighted by Crippen LogP contribution is 2.25. The standard InChI is InChI=1S/C22H19N3O5/c26-20(15-30-19-14-8-7-13-18(19)25(28)29)24-21(16-9-3-1-4-10-16)22(27)23-17-11-5-2-6-12-17/h1-14,21H,15H2,(H,23,27)(H,24,26). The third kappa shape index (κ3) is 5.41. The zero-order valence-corrected chi connectivity index (χ0v) is 15.9. The van der Waals surface area contributed by atoms with Gasteiger partial charge in [-0.1, -0.05) is 60.7 Å². The first kappa shape index (κ1) is 20.5. The van der Waals surface area contributed by atoms with E-state index < -0.39 is 29.4 Å². The van der Waals surface area contributed by atoms with Crippen molar-refractivity contribution in [3.8, 4) is 5.75 Å². The van der Waals surface area contributed by atoms with Crippen molar-refractivity contribution in [1.29, 1.82) is 0 Å². The van der Waals surface area contributed by atoms with Gasteiger partial charge >= 0.3 is 5.69 Å². The molecule has 0 bridgehead atoms. The number of nitrogens with zero attached hydrogens (tertiary/aromatic N) is 1. The highest BCUT2D eigenvalue weighted by molar-refractivity contribution is 5.98. The molecule has 3 rings (SSSR count). The molecule has 8 heteroatoms. The fourth-order valence-corrected chi connectivity index (χ4v) is 2.76. The number of nitrogens with one attached hydrogen (secondary N) is 2. The molecule has 30 heavy (non-hydrogen) atoms. The molecule has 0 aliphatic carbocycles. The van der Waals surface area contributed by atoms with Crippen molar-refractivity contribution < 1.29 is 19.2 Å². The zero-order chi connectivity index (χ0) is 21.3. The van der Waals surface area contributed by atoms with Crippen molar-refractivity contribution >= 4 is 23.2 Å². The average Bonchev–Trinajstić information content (AvgIpc) is 2.77. The maximum atomic E-state index is 12.8. The summed E-state index contributed by atoms with van der Waals surface area (Å²) in [6, 6.07) is 22.4. The molecular formula is C22H19N3O5. The van der Waals surface area contributed by atoms with Gasteiger partial charge in [-0.25, -0.2) is 0 Å². The molecular weight excluding hydrogens is 386 g/mol. The molecule has 0 saturated heterocycles. The first-order valence-electron chi connectivity index (χ1n) is 9.11. The van der Waals surface area contributed by atoms with E-state index in [0.29, 0.717) is 11.3 Å². The highest BCUT2D eigenvalue weighted by Gasteiger charge is 2.23. The van der Waals surface area contributed by atoms with Crippen molar-refractivity contribution in [3.63, 3.8) is 0 Å². The van der Waals surface area contributed by atoms with Crippen LogP contribution >= 0.6 is 0 Å². The molecule has 0 spiro atoms. The lowest BCUT2D eigenvalue weighted by Gasteiger charge is -2.19. The van der Waals surface area contributed by atoms with E-state index >= 15 is 0 Å². The summed E-state index contributed by atoms with van der Waals surface area (Å²) < 4.78 is 5.31. The molecule has 0 aliphatic rings. The number of benzene rings is 3. The number of ether oxygens (including phenoxy) is 1. The molecule has 0 aliphatic heterocycles. The van der Waals surface area contributed by atoms with Gasteiger partial charge in [0.05, 0.1) is 4.92 Å². The van der Waals surface area contributed by atoms with Crippen LogP contribution in [0.25, 0.3) is 0 Å². The van der Waals surface area contributed by atoms with Crippen LogP contribution in [0.3, 0.4) is 0 Å². The van der Waals surface area contributed by atoms with Gasteiger partial charge in [-0.15, -0.1) is 0 Å². The monoisotopic (exact) mass is 405 g/mol. The van der Waals surface area contributed by atoms with Gasteiger partial charge < -0.3 is 15.4 Å². The molecule has 2 amide bonds. The second kappa shape index (κ2) is 9.83. The van der Waals surface area contributed by atoms with Gasteiger partial charge in [-0.05, 0) is 23.8 Å². The molecule has 8 nitrogen and oxygen atoms in total. The van der Waals surface area contributed by atoms with Gasteiger partial charge in [0.15, 0.2) is 12.4 Å². The van der Waals surface area contributed by atoms with Crippen molar-refractivity contribution in [1.82, 2.24) is 5.32 Å². The van der Waals surface area contributed by atoms with Crippen LogP contribution in [0, 0.1) is 10.1 Å². The summed E-state index contributed by atoms with van der Waals surface area (Å²) >= 11 is 0. The first-order valence-corrected chi connectivity index (χ1v) is 9.11. The Morgan fingerprint density at radius 3 is 2.17 bits per heavy atom.